The van der Waals surface area contributed by atoms with E-state index in [4.69, 9.17) is 0 Å². The number of aromatic nitrogens is 2. The highest BCUT2D eigenvalue weighted by Crippen LogP contribution is 2.39. The van der Waals surface area contributed by atoms with Gasteiger partial charge in [-0.1, -0.05) is 49.9 Å². The number of hydrogen-bond acceptors (Lipinski definition) is 4. The lowest BCUT2D eigenvalue weighted by molar-refractivity contribution is 0.112. The van der Waals surface area contributed by atoms with Crippen molar-refractivity contribution in [3.63, 3.8) is 0 Å². The van der Waals surface area contributed by atoms with Gasteiger partial charge in [0, 0.05) is 43.1 Å². The molecule has 2 aromatic carbocycles. The van der Waals surface area contributed by atoms with Crippen LogP contribution in [0.25, 0.3) is 17.2 Å². The third-order valence-electron chi connectivity index (χ3n) is 7.35. The first kappa shape index (κ1) is 24.7. The maximum absolute atomic E-state index is 15.2. The highest BCUT2D eigenvalue weighted by Gasteiger charge is 2.39. The molecule has 5 nitrogen and oxygen atoms in total. The van der Waals surface area contributed by atoms with E-state index in [1.165, 1.54) is 18.2 Å². The van der Waals surface area contributed by atoms with E-state index in [9.17, 15) is 5.26 Å². The number of fused-ring (bicyclic) bond motifs is 1. The molecule has 0 bridgehead atoms. The van der Waals surface area contributed by atoms with E-state index < -0.39 is 17.7 Å². The Balaban J connectivity index is 1.58. The quantitative estimate of drug-likeness (QED) is 0.311. The van der Waals surface area contributed by atoms with Crippen molar-refractivity contribution >= 4 is 22.9 Å². The number of halogens is 2. The molecule has 37 heavy (non-hydrogen) atoms. The third kappa shape index (κ3) is 4.38. The van der Waals surface area contributed by atoms with E-state index in [0.29, 0.717) is 18.8 Å². The van der Waals surface area contributed by atoms with Gasteiger partial charge >= 0.3 is 0 Å². The third-order valence-corrected chi connectivity index (χ3v) is 7.35. The zero-order valence-electron chi connectivity index (χ0n) is 21.0. The van der Waals surface area contributed by atoms with E-state index >= 15 is 8.78 Å². The molecular weight excluding hydrogens is 468 g/mol. The van der Waals surface area contributed by atoms with E-state index in [1.54, 1.807) is 12.3 Å². The summed E-state index contributed by atoms with van der Waals surface area (Å²) in [5.41, 5.74) is 3.83. The topological polar surface area (TPSA) is 48.1 Å². The molecule has 5 rings (SSSR count). The van der Waals surface area contributed by atoms with Crippen LogP contribution >= 0.6 is 0 Å². The van der Waals surface area contributed by atoms with Crippen molar-refractivity contribution in [2.24, 2.45) is 0 Å². The zero-order chi connectivity index (χ0) is 26.1. The van der Waals surface area contributed by atoms with Crippen molar-refractivity contribution in [1.82, 2.24) is 14.5 Å². The number of benzene rings is 2. The van der Waals surface area contributed by atoms with Crippen LogP contribution in [0.1, 0.15) is 43.1 Å². The Hall–Kier alpha value is -4.02. The maximum atomic E-state index is 15.2. The molecule has 3 heterocycles. The Labute approximate surface area is 215 Å². The van der Waals surface area contributed by atoms with Crippen LogP contribution in [0.2, 0.25) is 0 Å². The van der Waals surface area contributed by atoms with Crippen LogP contribution in [0.15, 0.2) is 73.4 Å². The Morgan fingerprint density at radius 2 is 1.81 bits per heavy atom. The zero-order valence-corrected chi connectivity index (χ0v) is 21.0. The normalized spacial score (nSPS) is 19.1. The van der Waals surface area contributed by atoms with Gasteiger partial charge in [-0.3, -0.25) is 4.90 Å². The van der Waals surface area contributed by atoms with Crippen LogP contribution in [0.4, 0.5) is 14.5 Å². The summed E-state index contributed by atoms with van der Waals surface area (Å²) in [5.74, 6) is -1.08. The highest BCUT2D eigenvalue weighted by atomic mass is 19.1. The van der Waals surface area contributed by atoms with Gasteiger partial charge in [-0.15, -0.1) is 0 Å². The summed E-state index contributed by atoms with van der Waals surface area (Å²) in [6.07, 6.45) is 4.51. The fraction of sp³-hybridized carbons (Fsp3) is 0.267. The summed E-state index contributed by atoms with van der Waals surface area (Å²) in [4.78, 5) is 9.14. The van der Waals surface area contributed by atoms with Crippen LogP contribution in [0.3, 0.4) is 0 Å². The van der Waals surface area contributed by atoms with Gasteiger partial charge in [-0.2, -0.15) is 5.26 Å². The summed E-state index contributed by atoms with van der Waals surface area (Å²) in [7, 11) is 0. The molecule has 0 saturated carbocycles. The number of nitrogens with zero attached hydrogens (tertiary/aromatic N) is 5. The summed E-state index contributed by atoms with van der Waals surface area (Å²) < 4.78 is 32.3. The van der Waals surface area contributed by atoms with Crippen molar-refractivity contribution < 1.29 is 8.78 Å². The fourth-order valence-corrected chi connectivity index (χ4v) is 5.55. The van der Waals surface area contributed by atoms with Crippen molar-refractivity contribution in [1.29, 1.82) is 5.26 Å². The Bertz CT molecular complexity index is 1450. The molecule has 0 aliphatic carbocycles. The first-order chi connectivity index (χ1) is 18.0. The smallest absolute Gasteiger partial charge is 0.141 e. The lowest BCUT2D eigenvalue weighted by atomic mass is 9.91. The SMILES string of the molecule is C=Cn1cc(N2CC(CC)N(C(c3ccccc3)c3c(F)cccc3F)CC2C)c2nc(C#N)ccc21. The van der Waals surface area contributed by atoms with E-state index in [-0.39, 0.29) is 17.6 Å². The highest BCUT2D eigenvalue weighted by molar-refractivity contribution is 5.92. The van der Waals surface area contributed by atoms with Gasteiger partial charge in [-0.25, -0.2) is 13.8 Å². The minimum Gasteiger partial charge on any atom is -0.363 e. The first-order valence-electron chi connectivity index (χ1n) is 12.5. The molecule has 0 N–H and O–H groups in total. The molecular formula is C30H29F2N5. The van der Waals surface area contributed by atoms with Gasteiger partial charge < -0.3 is 9.47 Å². The van der Waals surface area contributed by atoms with Crippen LogP contribution in [0.5, 0.6) is 0 Å². The molecule has 188 valence electrons. The average Bonchev–Trinajstić information content (AvgIpc) is 3.29. The Morgan fingerprint density at radius 1 is 1.08 bits per heavy atom. The largest absolute Gasteiger partial charge is 0.363 e. The van der Waals surface area contributed by atoms with Crippen molar-refractivity contribution in [2.75, 3.05) is 18.0 Å². The summed E-state index contributed by atoms with van der Waals surface area (Å²) >= 11 is 0. The van der Waals surface area contributed by atoms with Gasteiger partial charge in [0.15, 0.2) is 0 Å². The number of anilines is 1. The number of pyridine rings is 1. The monoisotopic (exact) mass is 497 g/mol. The predicted octanol–water partition coefficient (Wildman–Crippen LogP) is 6.37. The Morgan fingerprint density at radius 3 is 2.46 bits per heavy atom. The number of nitriles is 1. The van der Waals surface area contributed by atoms with Gasteiger partial charge in [0.05, 0.1) is 17.2 Å². The second kappa shape index (κ2) is 10.2. The fourth-order valence-electron chi connectivity index (χ4n) is 5.55. The minimum atomic E-state index is -0.560. The van der Waals surface area contributed by atoms with Crippen molar-refractivity contribution in [3.05, 3.63) is 102 Å². The van der Waals surface area contributed by atoms with Crippen LogP contribution < -0.4 is 4.90 Å². The molecule has 0 amide bonds. The predicted molar refractivity (Wildman–Crippen MR) is 143 cm³/mol. The molecule has 7 heteroatoms. The van der Waals surface area contributed by atoms with Crippen molar-refractivity contribution in [2.45, 2.75) is 38.4 Å². The summed E-state index contributed by atoms with van der Waals surface area (Å²) in [6.45, 7) is 9.37. The van der Waals surface area contributed by atoms with Crippen molar-refractivity contribution in [3.8, 4) is 6.07 Å². The number of hydrogen-bond donors (Lipinski definition) is 0. The second-order valence-electron chi connectivity index (χ2n) is 9.49. The molecule has 3 atom stereocenters. The Kier molecular flexibility index (Phi) is 6.77. The van der Waals surface area contributed by atoms with Crippen LogP contribution in [-0.4, -0.2) is 39.6 Å². The van der Waals surface area contributed by atoms with E-state index in [1.807, 2.05) is 47.2 Å². The molecule has 0 radical (unpaired) electrons. The molecule has 1 aliphatic heterocycles. The maximum Gasteiger partial charge on any atom is 0.141 e. The van der Waals surface area contributed by atoms with Gasteiger partial charge in [-0.05, 0) is 43.2 Å². The minimum absolute atomic E-state index is 0.0141. The molecule has 1 fully saturated rings. The molecule has 4 aromatic rings. The molecule has 1 saturated heterocycles. The summed E-state index contributed by atoms with van der Waals surface area (Å²) in [5, 5.41) is 9.43. The van der Waals surface area contributed by atoms with Crippen LogP contribution in [-0.2, 0) is 0 Å². The second-order valence-corrected chi connectivity index (χ2v) is 9.49. The molecule has 3 unspecified atom stereocenters. The van der Waals surface area contributed by atoms with Gasteiger partial charge in [0.2, 0.25) is 0 Å². The number of rotatable bonds is 6. The lowest BCUT2D eigenvalue weighted by Crippen LogP contribution is -2.58. The average molecular weight is 498 g/mol. The van der Waals surface area contributed by atoms with E-state index in [0.717, 1.165) is 28.7 Å². The first-order valence-corrected chi connectivity index (χ1v) is 12.5. The molecule has 2 aromatic heterocycles. The standard InChI is InChI=1S/C30H29F2N5/c1-4-23-18-36(27-19-35(5-2)26-15-14-22(16-33)34-29(26)27)20(3)17-37(23)30(21-10-7-6-8-11-21)28-24(31)12-9-13-25(28)32/h5-15,19-20,23,30H,2,4,17-18H2,1,3H3. The molecule has 0 spiro atoms. The summed E-state index contributed by atoms with van der Waals surface area (Å²) in [6, 6.07) is 18.9. The van der Waals surface area contributed by atoms with Gasteiger partial charge in [0.1, 0.15) is 28.9 Å². The van der Waals surface area contributed by atoms with Crippen LogP contribution in [0, 0.1) is 23.0 Å². The van der Waals surface area contributed by atoms with E-state index in [2.05, 4.69) is 41.3 Å². The lowest BCUT2D eigenvalue weighted by Gasteiger charge is -2.49. The molecule has 1 aliphatic rings. The van der Waals surface area contributed by atoms with Gasteiger partial charge in [0.25, 0.3) is 0 Å². The number of piperazine rings is 1.